The number of carbonyl (C=O) groups excluding carboxylic acids is 1. The molecular weight excluding hydrogens is 406 g/mol. The van der Waals surface area contributed by atoms with E-state index in [-0.39, 0.29) is 11.7 Å². The summed E-state index contributed by atoms with van der Waals surface area (Å²) in [6.07, 6.45) is 5.85. The number of benzene rings is 1. The summed E-state index contributed by atoms with van der Waals surface area (Å²) in [5.74, 6) is 2.21. The minimum atomic E-state index is 0.113. The van der Waals surface area contributed by atoms with Crippen LogP contribution < -0.4 is 14.2 Å². The van der Waals surface area contributed by atoms with Gasteiger partial charge in [0.25, 0.3) is 5.22 Å². The molecule has 0 bridgehead atoms. The van der Waals surface area contributed by atoms with E-state index < -0.39 is 0 Å². The number of nitrogens with zero attached hydrogens (tertiary/aromatic N) is 3. The molecule has 1 aliphatic carbocycles. The molecule has 1 amide bonds. The standard InChI is InChI=1S/C21H29N3O5S/c1-5-24(15-9-7-6-8-10-15)18(25)13-30-21-23-22-20(29-21)14-11-16(26-2)19(28-4)17(12-14)27-3/h11-12,15H,5-10,13H2,1-4H3. The molecule has 0 unspecified atom stereocenters. The quantitative estimate of drug-likeness (QED) is 0.546. The van der Waals surface area contributed by atoms with Gasteiger partial charge in [-0.25, -0.2) is 0 Å². The van der Waals surface area contributed by atoms with E-state index in [9.17, 15) is 4.79 Å². The molecule has 30 heavy (non-hydrogen) atoms. The highest BCUT2D eigenvalue weighted by atomic mass is 32.2. The molecule has 3 rings (SSSR count). The second-order valence-electron chi connectivity index (χ2n) is 7.05. The van der Waals surface area contributed by atoms with Crippen LogP contribution in [0, 0.1) is 0 Å². The minimum absolute atomic E-state index is 0.113. The van der Waals surface area contributed by atoms with E-state index in [1.807, 2.05) is 11.8 Å². The van der Waals surface area contributed by atoms with E-state index in [1.165, 1.54) is 31.0 Å². The maximum atomic E-state index is 12.7. The van der Waals surface area contributed by atoms with Gasteiger partial charge in [-0.2, -0.15) is 0 Å². The summed E-state index contributed by atoms with van der Waals surface area (Å²) < 4.78 is 21.9. The fourth-order valence-electron chi connectivity index (χ4n) is 3.83. The van der Waals surface area contributed by atoms with Crippen molar-refractivity contribution in [3.05, 3.63) is 12.1 Å². The average Bonchev–Trinajstić information content (AvgIpc) is 3.27. The molecular formula is C21H29N3O5S. The second kappa shape index (κ2) is 10.6. The summed E-state index contributed by atoms with van der Waals surface area (Å²) in [5, 5.41) is 8.54. The van der Waals surface area contributed by atoms with Gasteiger partial charge in [0.05, 0.1) is 27.1 Å². The van der Waals surface area contributed by atoms with Crippen LogP contribution in [0.4, 0.5) is 0 Å². The first-order chi connectivity index (χ1) is 14.6. The van der Waals surface area contributed by atoms with Crippen LogP contribution in [0.5, 0.6) is 17.2 Å². The van der Waals surface area contributed by atoms with Crippen LogP contribution in [-0.4, -0.2) is 60.7 Å². The molecule has 0 saturated heterocycles. The lowest BCUT2D eigenvalue weighted by molar-refractivity contribution is -0.131. The van der Waals surface area contributed by atoms with Crippen LogP contribution in [-0.2, 0) is 4.79 Å². The largest absolute Gasteiger partial charge is 0.493 e. The highest BCUT2D eigenvalue weighted by molar-refractivity contribution is 7.99. The van der Waals surface area contributed by atoms with E-state index in [4.69, 9.17) is 18.6 Å². The lowest BCUT2D eigenvalue weighted by Gasteiger charge is -2.33. The van der Waals surface area contributed by atoms with Gasteiger partial charge in [0.2, 0.25) is 17.5 Å². The van der Waals surface area contributed by atoms with E-state index in [0.29, 0.717) is 40.0 Å². The summed E-state index contributed by atoms with van der Waals surface area (Å²) in [7, 11) is 4.65. The molecule has 9 heteroatoms. The Morgan fingerprint density at radius 2 is 1.77 bits per heavy atom. The highest BCUT2D eigenvalue weighted by Crippen LogP contribution is 2.41. The first-order valence-corrected chi connectivity index (χ1v) is 11.2. The predicted molar refractivity (Wildman–Crippen MR) is 114 cm³/mol. The Balaban J connectivity index is 1.68. The van der Waals surface area contributed by atoms with E-state index in [2.05, 4.69) is 10.2 Å². The summed E-state index contributed by atoms with van der Waals surface area (Å²) in [5.41, 5.74) is 0.646. The monoisotopic (exact) mass is 435 g/mol. The molecule has 0 aliphatic heterocycles. The number of aromatic nitrogens is 2. The van der Waals surface area contributed by atoms with Crippen molar-refractivity contribution in [1.82, 2.24) is 15.1 Å². The maximum Gasteiger partial charge on any atom is 0.277 e. The maximum absolute atomic E-state index is 12.7. The fourth-order valence-corrected chi connectivity index (χ4v) is 4.48. The molecule has 1 aliphatic rings. The number of methoxy groups -OCH3 is 3. The zero-order chi connectivity index (χ0) is 21.5. The number of carbonyl (C=O) groups is 1. The molecule has 2 aromatic rings. The Kier molecular flexibility index (Phi) is 7.84. The van der Waals surface area contributed by atoms with Gasteiger partial charge in [0.1, 0.15) is 0 Å². The highest BCUT2D eigenvalue weighted by Gasteiger charge is 2.25. The van der Waals surface area contributed by atoms with Gasteiger partial charge in [0, 0.05) is 18.2 Å². The van der Waals surface area contributed by atoms with Gasteiger partial charge >= 0.3 is 0 Å². The van der Waals surface area contributed by atoms with Crippen LogP contribution >= 0.6 is 11.8 Å². The Morgan fingerprint density at radius 1 is 1.10 bits per heavy atom. The molecule has 1 heterocycles. The van der Waals surface area contributed by atoms with Crippen LogP contribution in [0.25, 0.3) is 11.5 Å². The lowest BCUT2D eigenvalue weighted by Crippen LogP contribution is -2.42. The van der Waals surface area contributed by atoms with Gasteiger partial charge in [-0.3, -0.25) is 4.79 Å². The average molecular weight is 436 g/mol. The van der Waals surface area contributed by atoms with Crippen molar-refractivity contribution >= 4 is 17.7 Å². The Bertz CT molecular complexity index is 826. The van der Waals surface area contributed by atoms with Crippen molar-refractivity contribution in [2.75, 3.05) is 33.6 Å². The van der Waals surface area contributed by atoms with Crippen molar-refractivity contribution in [3.8, 4) is 28.7 Å². The molecule has 8 nitrogen and oxygen atoms in total. The molecule has 1 aromatic carbocycles. The Labute approximate surface area is 181 Å². The number of amides is 1. The van der Waals surface area contributed by atoms with Crippen LogP contribution in [0.2, 0.25) is 0 Å². The van der Waals surface area contributed by atoms with Gasteiger partial charge < -0.3 is 23.5 Å². The zero-order valence-electron chi connectivity index (χ0n) is 18.0. The smallest absolute Gasteiger partial charge is 0.277 e. The molecule has 0 N–H and O–H groups in total. The normalized spacial score (nSPS) is 14.4. The molecule has 0 spiro atoms. The third kappa shape index (κ3) is 5.00. The summed E-state index contributed by atoms with van der Waals surface area (Å²) in [6, 6.07) is 3.85. The third-order valence-corrected chi connectivity index (χ3v) is 6.12. The third-order valence-electron chi connectivity index (χ3n) is 5.31. The second-order valence-corrected chi connectivity index (χ2v) is 7.97. The van der Waals surface area contributed by atoms with Crippen LogP contribution in [0.15, 0.2) is 21.8 Å². The van der Waals surface area contributed by atoms with E-state index >= 15 is 0 Å². The number of hydrogen-bond donors (Lipinski definition) is 0. The van der Waals surface area contributed by atoms with Crippen molar-refractivity contribution < 1.29 is 23.4 Å². The molecule has 1 fully saturated rings. The number of rotatable bonds is 9. The molecule has 0 atom stereocenters. The predicted octanol–water partition coefficient (Wildman–Crippen LogP) is 4.04. The molecule has 1 saturated carbocycles. The van der Waals surface area contributed by atoms with E-state index in [0.717, 1.165) is 19.4 Å². The number of hydrogen-bond acceptors (Lipinski definition) is 8. The van der Waals surface area contributed by atoms with Gasteiger partial charge in [-0.15, -0.1) is 10.2 Å². The van der Waals surface area contributed by atoms with Gasteiger partial charge in [0.15, 0.2) is 11.5 Å². The van der Waals surface area contributed by atoms with Gasteiger partial charge in [-0.1, -0.05) is 31.0 Å². The lowest BCUT2D eigenvalue weighted by atomic mass is 9.94. The minimum Gasteiger partial charge on any atom is -0.493 e. The summed E-state index contributed by atoms with van der Waals surface area (Å²) in [6.45, 7) is 2.76. The van der Waals surface area contributed by atoms with Crippen molar-refractivity contribution in [2.24, 2.45) is 0 Å². The SMILES string of the molecule is CCN(C(=O)CSc1nnc(-c2cc(OC)c(OC)c(OC)c2)o1)C1CCCCC1. The Morgan fingerprint density at radius 3 is 2.33 bits per heavy atom. The van der Waals surface area contributed by atoms with Crippen LogP contribution in [0.1, 0.15) is 39.0 Å². The van der Waals surface area contributed by atoms with Crippen molar-refractivity contribution in [1.29, 1.82) is 0 Å². The number of thioether (sulfide) groups is 1. The van der Waals surface area contributed by atoms with Crippen LogP contribution in [0.3, 0.4) is 0 Å². The first-order valence-electron chi connectivity index (χ1n) is 10.2. The van der Waals surface area contributed by atoms with Crippen molar-refractivity contribution in [3.63, 3.8) is 0 Å². The van der Waals surface area contributed by atoms with Gasteiger partial charge in [-0.05, 0) is 31.9 Å². The van der Waals surface area contributed by atoms with Crippen molar-refractivity contribution in [2.45, 2.75) is 50.3 Å². The summed E-state index contributed by atoms with van der Waals surface area (Å²) >= 11 is 1.26. The van der Waals surface area contributed by atoms with E-state index in [1.54, 1.807) is 33.5 Å². The number of ether oxygens (including phenoxy) is 3. The summed E-state index contributed by atoms with van der Waals surface area (Å²) in [4.78, 5) is 14.7. The fraction of sp³-hybridized carbons (Fsp3) is 0.571. The molecule has 1 aromatic heterocycles. The zero-order valence-corrected chi connectivity index (χ0v) is 18.8. The molecule has 0 radical (unpaired) electrons. The molecule has 164 valence electrons. The first kappa shape index (κ1) is 22.3. The Hall–Kier alpha value is -2.42. The topological polar surface area (TPSA) is 86.9 Å².